The molecule has 1 atom stereocenters. The minimum atomic E-state index is -0.845. The maximum absolute atomic E-state index is 12.7. The molecule has 0 rings (SSSR count). The minimum absolute atomic E-state index is 0.135. The van der Waals surface area contributed by atoms with Gasteiger partial charge in [-0.15, -0.1) is 0 Å². The molecule has 0 aliphatic rings. The van der Waals surface area contributed by atoms with Crippen LogP contribution in [0.2, 0.25) is 0 Å². The van der Waals surface area contributed by atoms with Gasteiger partial charge in [-0.3, -0.25) is 14.4 Å². The summed E-state index contributed by atoms with van der Waals surface area (Å²) in [5.74, 6) is -1.10. The molecule has 0 aromatic heterocycles. The number of carbonyl (C=O) groups is 3. The molecule has 6 nitrogen and oxygen atoms in total. The second-order valence-corrected chi connectivity index (χ2v) is 15.4. The van der Waals surface area contributed by atoms with Crippen LogP contribution in [0, 0.1) is 0 Å². The van der Waals surface area contributed by atoms with Crippen LogP contribution in [0.15, 0.2) is 122 Å². The van der Waals surface area contributed by atoms with E-state index in [1.165, 1.54) is 64.2 Å². The summed E-state index contributed by atoms with van der Waals surface area (Å²) in [5.41, 5.74) is 0. The van der Waals surface area contributed by atoms with Crippen LogP contribution in [0.4, 0.5) is 0 Å². The normalized spacial score (nSPS) is 13.2. The van der Waals surface area contributed by atoms with Crippen LogP contribution in [-0.4, -0.2) is 37.2 Å². The highest BCUT2D eigenvalue weighted by Gasteiger charge is 2.19. The number of hydrogen-bond donors (Lipinski definition) is 0. The fraction of sp³-hybridized carbons (Fsp3) is 0.582. The average Bonchev–Trinajstić information content (AvgIpc) is 3.26. The molecule has 0 aliphatic carbocycles. The number of esters is 3. The van der Waals surface area contributed by atoms with Crippen LogP contribution < -0.4 is 0 Å². The smallest absolute Gasteiger partial charge is 0.306 e. The molecule has 0 aromatic rings. The molecule has 0 saturated carbocycles. The zero-order valence-corrected chi connectivity index (χ0v) is 38.9. The molecule has 0 bridgehead atoms. The molecule has 61 heavy (non-hydrogen) atoms. The molecular weight excluding hydrogens is 757 g/mol. The molecular formula is C55H86O6. The molecule has 0 amide bonds. The van der Waals surface area contributed by atoms with E-state index in [0.717, 1.165) is 64.2 Å². The zero-order chi connectivity index (χ0) is 44.4. The van der Waals surface area contributed by atoms with E-state index in [2.05, 4.69) is 87.6 Å². The van der Waals surface area contributed by atoms with Gasteiger partial charge >= 0.3 is 17.9 Å². The van der Waals surface area contributed by atoms with Gasteiger partial charge in [0.15, 0.2) is 6.10 Å². The lowest BCUT2D eigenvalue weighted by atomic mass is 10.1. The number of unbranched alkanes of at least 4 members (excludes halogenated alkanes) is 14. The largest absolute Gasteiger partial charge is 0.462 e. The molecule has 342 valence electrons. The molecule has 0 fully saturated rings. The van der Waals surface area contributed by atoms with E-state index in [0.29, 0.717) is 25.7 Å². The molecule has 0 saturated heterocycles. The van der Waals surface area contributed by atoms with Crippen molar-refractivity contribution >= 4 is 17.9 Å². The summed E-state index contributed by atoms with van der Waals surface area (Å²) in [7, 11) is 0. The minimum Gasteiger partial charge on any atom is -0.462 e. The second-order valence-electron chi connectivity index (χ2n) is 15.4. The van der Waals surface area contributed by atoms with E-state index in [4.69, 9.17) is 14.2 Å². The molecule has 0 heterocycles. The number of rotatable bonds is 41. The maximum atomic E-state index is 12.7. The number of carbonyl (C=O) groups excluding carboxylic acids is 3. The summed E-state index contributed by atoms with van der Waals surface area (Å²) < 4.78 is 16.6. The van der Waals surface area contributed by atoms with Gasteiger partial charge in [0, 0.05) is 19.3 Å². The molecule has 0 aliphatic heterocycles. The standard InChI is InChI=1S/C55H86O6/c1-4-7-10-13-16-19-22-25-26-27-28-31-33-36-39-42-45-48-54(57)60-51-52(61-55(58)49-46-43-40-37-34-30-24-21-18-15-12-9-6-3)50-59-53(56)47-44-41-38-35-32-29-23-20-17-14-11-8-5-2/h9,12,15-16,18-19,21,24-26,28-32,34,36-37,39-40,52H,4-8,10-11,13-14,17,20,22-23,27,33,35,38,41-51H2,1-3H3/b12-9-,18-15-,19-16-,24-21-,26-25-,31-28-,32-29-,34-30-,39-36-,40-37-. The summed E-state index contributed by atoms with van der Waals surface area (Å²) in [5, 5.41) is 0. The summed E-state index contributed by atoms with van der Waals surface area (Å²) in [4.78, 5) is 37.8. The average molecular weight is 843 g/mol. The molecule has 0 spiro atoms. The van der Waals surface area contributed by atoms with Crippen molar-refractivity contribution in [2.24, 2.45) is 0 Å². The van der Waals surface area contributed by atoms with Crippen LogP contribution in [0.3, 0.4) is 0 Å². The van der Waals surface area contributed by atoms with E-state index in [-0.39, 0.29) is 38.0 Å². The van der Waals surface area contributed by atoms with E-state index in [1.807, 2.05) is 54.7 Å². The highest BCUT2D eigenvalue weighted by Crippen LogP contribution is 2.11. The molecule has 0 radical (unpaired) electrons. The van der Waals surface area contributed by atoms with Gasteiger partial charge in [0.1, 0.15) is 13.2 Å². The lowest BCUT2D eigenvalue weighted by Gasteiger charge is -2.18. The van der Waals surface area contributed by atoms with Crippen LogP contribution >= 0.6 is 0 Å². The van der Waals surface area contributed by atoms with Crippen molar-refractivity contribution < 1.29 is 28.6 Å². The number of allylic oxidation sites excluding steroid dienone is 20. The Morgan fingerprint density at radius 1 is 0.361 bits per heavy atom. The summed E-state index contributed by atoms with van der Waals surface area (Å²) in [6.07, 6.45) is 66.2. The Balaban J connectivity index is 4.62. The van der Waals surface area contributed by atoms with Crippen molar-refractivity contribution in [3.05, 3.63) is 122 Å². The number of hydrogen-bond acceptors (Lipinski definition) is 6. The van der Waals surface area contributed by atoms with Gasteiger partial charge in [-0.1, -0.05) is 194 Å². The Morgan fingerprint density at radius 3 is 1.26 bits per heavy atom. The van der Waals surface area contributed by atoms with Crippen molar-refractivity contribution in [3.63, 3.8) is 0 Å². The predicted octanol–water partition coefficient (Wildman–Crippen LogP) is 15.7. The van der Waals surface area contributed by atoms with E-state index in [9.17, 15) is 14.4 Å². The highest BCUT2D eigenvalue weighted by atomic mass is 16.6. The fourth-order valence-electron chi connectivity index (χ4n) is 5.93. The zero-order valence-electron chi connectivity index (χ0n) is 38.9. The quantitative estimate of drug-likeness (QED) is 0.0201. The third kappa shape index (κ3) is 46.7. The van der Waals surface area contributed by atoms with Crippen molar-refractivity contribution in [2.45, 2.75) is 194 Å². The van der Waals surface area contributed by atoms with Crippen molar-refractivity contribution in [3.8, 4) is 0 Å². The first-order valence-electron chi connectivity index (χ1n) is 24.1. The third-order valence-electron chi connectivity index (χ3n) is 9.55. The van der Waals surface area contributed by atoms with Crippen LogP contribution in [0.1, 0.15) is 188 Å². The Hall–Kier alpha value is -4.19. The first kappa shape index (κ1) is 56.8. The monoisotopic (exact) mass is 843 g/mol. The van der Waals surface area contributed by atoms with Crippen LogP contribution in [0.5, 0.6) is 0 Å². The lowest BCUT2D eigenvalue weighted by molar-refractivity contribution is -0.167. The molecule has 6 heteroatoms. The second kappa shape index (κ2) is 48.5. The Kier molecular flexibility index (Phi) is 45.1. The van der Waals surface area contributed by atoms with E-state index < -0.39 is 12.1 Å². The van der Waals surface area contributed by atoms with Gasteiger partial charge < -0.3 is 14.2 Å². The Bertz CT molecular complexity index is 1340. The molecule has 0 N–H and O–H groups in total. The van der Waals surface area contributed by atoms with E-state index in [1.54, 1.807) is 0 Å². The van der Waals surface area contributed by atoms with Crippen molar-refractivity contribution in [1.82, 2.24) is 0 Å². The van der Waals surface area contributed by atoms with E-state index >= 15 is 0 Å². The Labute approximate surface area is 373 Å². The fourth-order valence-corrected chi connectivity index (χ4v) is 5.93. The van der Waals surface area contributed by atoms with Gasteiger partial charge in [-0.05, 0) is 96.3 Å². The lowest BCUT2D eigenvalue weighted by Crippen LogP contribution is -2.30. The van der Waals surface area contributed by atoms with Gasteiger partial charge in [0.25, 0.3) is 0 Å². The third-order valence-corrected chi connectivity index (χ3v) is 9.55. The summed E-state index contributed by atoms with van der Waals surface area (Å²) >= 11 is 0. The number of ether oxygens (including phenoxy) is 3. The summed E-state index contributed by atoms with van der Waals surface area (Å²) in [6.45, 7) is 6.30. The van der Waals surface area contributed by atoms with Crippen LogP contribution in [0.25, 0.3) is 0 Å². The molecule has 1 unspecified atom stereocenters. The van der Waals surface area contributed by atoms with Crippen molar-refractivity contribution in [1.29, 1.82) is 0 Å². The maximum Gasteiger partial charge on any atom is 0.306 e. The van der Waals surface area contributed by atoms with Crippen molar-refractivity contribution in [2.75, 3.05) is 13.2 Å². The SMILES string of the molecule is CC\C=C/C=C\C=C/C=C\C=C/CCCC(=O)OC(COC(=O)CCC/C=C\C/C=C\C/C=C\C/C=C\CCCCC)COC(=O)CCCCC/C=C\CCCCCCCC. The first-order valence-corrected chi connectivity index (χ1v) is 24.1. The van der Waals surface area contributed by atoms with Gasteiger partial charge in [0.05, 0.1) is 0 Å². The van der Waals surface area contributed by atoms with Gasteiger partial charge in [0.2, 0.25) is 0 Å². The predicted molar refractivity (Wildman–Crippen MR) is 260 cm³/mol. The highest BCUT2D eigenvalue weighted by molar-refractivity contribution is 5.71. The summed E-state index contributed by atoms with van der Waals surface area (Å²) in [6, 6.07) is 0. The topological polar surface area (TPSA) is 78.9 Å². The first-order chi connectivity index (χ1) is 30.0. The van der Waals surface area contributed by atoms with Gasteiger partial charge in [-0.25, -0.2) is 0 Å². The van der Waals surface area contributed by atoms with Gasteiger partial charge in [-0.2, -0.15) is 0 Å². The Morgan fingerprint density at radius 2 is 0.721 bits per heavy atom. The van der Waals surface area contributed by atoms with Crippen LogP contribution in [-0.2, 0) is 28.6 Å². The molecule has 0 aromatic carbocycles.